The maximum atomic E-state index is 12.1. The van der Waals surface area contributed by atoms with E-state index in [0.29, 0.717) is 19.4 Å². The van der Waals surface area contributed by atoms with Crippen LogP contribution in [0.2, 0.25) is 0 Å². The molecular formula is C22H37NaO4. The Labute approximate surface area is 187 Å². The van der Waals surface area contributed by atoms with Gasteiger partial charge in [-0.05, 0) is 32.1 Å². The Morgan fingerprint density at radius 3 is 1.85 bits per heavy atom. The molecule has 1 aliphatic rings. The molecule has 0 bridgehead atoms. The van der Waals surface area contributed by atoms with Gasteiger partial charge in [0, 0.05) is 11.9 Å². The van der Waals surface area contributed by atoms with Crippen LogP contribution in [-0.4, -0.2) is 18.5 Å². The van der Waals surface area contributed by atoms with Gasteiger partial charge in [-0.2, -0.15) is 0 Å². The van der Waals surface area contributed by atoms with E-state index in [1.54, 1.807) is 0 Å². The molecule has 0 aromatic carbocycles. The van der Waals surface area contributed by atoms with Crippen molar-refractivity contribution in [2.75, 3.05) is 6.61 Å². The van der Waals surface area contributed by atoms with Crippen molar-refractivity contribution in [1.29, 1.82) is 0 Å². The van der Waals surface area contributed by atoms with Crippen LogP contribution in [-0.2, 0) is 14.3 Å². The molecule has 0 saturated heterocycles. The van der Waals surface area contributed by atoms with E-state index < -0.39 is 17.8 Å². The Kier molecular flexibility index (Phi) is 17.5. The molecule has 150 valence electrons. The molecule has 1 aliphatic carbocycles. The summed E-state index contributed by atoms with van der Waals surface area (Å²) < 4.78 is 5.32. The maximum absolute atomic E-state index is 12.1. The summed E-state index contributed by atoms with van der Waals surface area (Å²) in [5.74, 6) is -2.60. The van der Waals surface area contributed by atoms with Gasteiger partial charge in [0.25, 0.3) is 0 Å². The van der Waals surface area contributed by atoms with Gasteiger partial charge in [-0.1, -0.05) is 70.3 Å². The Bertz CT molecular complexity index is 411. The Balaban J connectivity index is 0.00000676. The van der Waals surface area contributed by atoms with E-state index in [9.17, 15) is 14.7 Å². The topological polar surface area (TPSA) is 66.4 Å². The van der Waals surface area contributed by atoms with Crippen molar-refractivity contribution in [2.24, 2.45) is 11.8 Å². The predicted molar refractivity (Wildman–Crippen MR) is 102 cm³/mol. The van der Waals surface area contributed by atoms with E-state index in [2.05, 4.69) is 6.58 Å². The van der Waals surface area contributed by atoms with Crippen LogP contribution in [0, 0.1) is 11.8 Å². The van der Waals surface area contributed by atoms with Crippen molar-refractivity contribution in [3.63, 3.8) is 0 Å². The van der Waals surface area contributed by atoms with Gasteiger partial charge in [0.1, 0.15) is 0 Å². The molecule has 0 aromatic heterocycles. The van der Waals surface area contributed by atoms with Gasteiger partial charge >= 0.3 is 35.5 Å². The fourth-order valence-electron chi connectivity index (χ4n) is 3.78. The zero-order chi connectivity index (χ0) is 19.0. The van der Waals surface area contributed by atoms with Gasteiger partial charge in [0.15, 0.2) is 0 Å². The molecule has 0 spiro atoms. The summed E-state index contributed by atoms with van der Waals surface area (Å²) in [6.07, 6.45) is 18.3. The second-order valence-electron chi connectivity index (χ2n) is 7.60. The number of carboxylic acids is 1. The Morgan fingerprint density at radius 2 is 1.33 bits per heavy atom. The summed E-state index contributed by atoms with van der Waals surface area (Å²) in [5, 5.41) is 11.1. The average molecular weight is 389 g/mol. The van der Waals surface area contributed by atoms with Crippen molar-refractivity contribution in [1.82, 2.24) is 0 Å². The fraction of sp³-hybridized carbons (Fsp3) is 0.818. The van der Waals surface area contributed by atoms with Crippen LogP contribution < -0.4 is 34.7 Å². The number of carbonyl (C=O) groups is 2. The summed E-state index contributed by atoms with van der Waals surface area (Å²) in [6, 6.07) is 0. The number of hydrogen-bond donors (Lipinski definition) is 0. The van der Waals surface area contributed by atoms with Crippen LogP contribution >= 0.6 is 0 Å². The first-order valence-corrected chi connectivity index (χ1v) is 10.6. The van der Waals surface area contributed by atoms with E-state index >= 15 is 0 Å². The summed E-state index contributed by atoms with van der Waals surface area (Å²) >= 11 is 0. The number of allylic oxidation sites excluding steroid dienone is 1. The molecule has 1 saturated carbocycles. The molecule has 0 aromatic rings. The van der Waals surface area contributed by atoms with Crippen LogP contribution in [0.15, 0.2) is 12.7 Å². The minimum absolute atomic E-state index is 0. The van der Waals surface area contributed by atoms with Crippen LogP contribution in [0.25, 0.3) is 0 Å². The molecule has 2 unspecified atom stereocenters. The van der Waals surface area contributed by atoms with Crippen molar-refractivity contribution in [2.45, 2.75) is 96.3 Å². The number of ether oxygens (including phenoxy) is 1. The quantitative estimate of drug-likeness (QED) is 0.185. The number of carboxylic acid groups (broad SMARTS) is 1. The zero-order valence-electron chi connectivity index (χ0n) is 17.4. The third kappa shape index (κ3) is 12.7. The summed E-state index contributed by atoms with van der Waals surface area (Å²) in [6.45, 7) is 4.15. The van der Waals surface area contributed by atoms with Gasteiger partial charge in [0.05, 0.1) is 12.5 Å². The maximum Gasteiger partial charge on any atom is 1.00 e. The Morgan fingerprint density at radius 1 is 0.852 bits per heavy atom. The Hall–Kier alpha value is -0.320. The molecule has 0 amide bonds. The molecular weight excluding hydrogens is 351 g/mol. The van der Waals surface area contributed by atoms with Crippen LogP contribution in [0.4, 0.5) is 0 Å². The van der Waals surface area contributed by atoms with Crippen molar-refractivity contribution in [3.8, 4) is 0 Å². The summed E-state index contributed by atoms with van der Waals surface area (Å²) in [4.78, 5) is 23.2. The third-order valence-corrected chi connectivity index (χ3v) is 5.42. The molecule has 5 heteroatoms. The summed E-state index contributed by atoms with van der Waals surface area (Å²) in [7, 11) is 0. The molecule has 1 rings (SSSR count). The number of unbranched alkanes of at least 4 members (excludes halogenated alkanes) is 10. The molecule has 2 atom stereocenters. The molecule has 0 aliphatic heterocycles. The number of aliphatic carboxylic acids is 1. The normalized spacial score (nSPS) is 19.1. The number of esters is 1. The van der Waals surface area contributed by atoms with Gasteiger partial charge in [-0.3, -0.25) is 4.79 Å². The zero-order valence-corrected chi connectivity index (χ0v) is 19.4. The number of rotatable bonds is 15. The van der Waals surface area contributed by atoms with Crippen LogP contribution in [0.1, 0.15) is 96.3 Å². The molecule has 1 fully saturated rings. The van der Waals surface area contributed by atoms with E-state index in [1.807, 2.05) is 6.08 Å². The van der Waals surface area contributed by atoms with Gasteiger partial charge in [-0.25, -0.2) is 0 Å². The molecule has 0 heterocycles. The minimum atomic E-state index is -1.10. The van der Waals surface area contributed by atoms with Crippen LogP contribution in [0.3, 0.4) is 0 Å². The summed E-state index contributed by atoms with van der Waals surface area (Å²) in [5.41, 5.74) is 0. The smallest absolute Gasteiger partial charge is 0.550 e. The number of carbonyl (C=O) groups excluding carboxylic acids is 2. The molecule has 0 N–H and O–H groups in total. The van der Waals surface area contributed by atoms with Gasteiger partial charge < -0.3 is 14.6 Å². The standard InChI is InChI=1S/C22H38O4.Na/c1-2-3-4-5-6-7-8-9-10-11-12-15-18-26-22(25)20-17-14-13-16-19(20)21(23)24;/h2,19-20H,1,3-18H2,(H,23,24);/q;+1/p-1. The monoisotopic (exact) mass is 388 g/mol. The first-order valence-electron chi connectivity index (χ1n) is 10.6. The molecule has 4 nitrogen and oxygen atoms in total. The second kappa shape index (κ2) is 17.8. The van der Waals surface area contributed by atoms with E-state index in [-0.39, 0.29) is 35.5 Å². The SMILES string of the molecule is C=CCCCCCCCCCCCCOC(=O)C1CCCCC1C(=O)[O-].[Na+]. The fourth-order valence-corrected chi connectivity index (χ4v) is 3.78. The first-order chi connectivity index (χ1) is 12.7. The van der Waals surface area contributed by atoms with Crippen molar-refractivity contribution >= 4 is 11.9 Å². The van der Waals surface area contributed by atoms with Gasteiger partial charge in [-0.15, -0.1) is 6.58 Å². The largest absolute Gasteiger partial charge is 1.00 e. The number of hydrogen-bond acceptors (Lipinski definition) is 4. The van der Waals surface area contributed by atoms with Crippen LogP contribution in [0.5, 0.6) is 0 Å². The van der Waals surface area contributed by atoms with E-state index in [4.69, 9.17) is 4.74 Å². The molecule has 0 radical (unpaired) electrons. The van der Waals surface area contributed by atoms with E-state index in [0.717, 1.165) is 32.1 Å². The van der Waals surface area contributed by atoms with E-state index in [1.165, 1.54) is 51.4 Å². The van der Waals surface area contributed by atoms with Gasteiger partial charge in [0.2, 0.25) is 0 Å². The molecule has 27 heavy (non-hydrogen) atoms. The van der Waals surface area contributed by atoms with Crippen molar-refractivity contribution < 1.29 is 49.0 Å². The minimum Gasteiger partial charge on any atom is -0.550 e. The third-order valence-electron chi connectivity index (χ3n) is 5.42. The first kappa shape index (κ1) is 26.7. The predicted octanol–water partition coefficient (Wildman–Crippen LogP) is 1.57. The van der Waals surface area contributed by atoms with Crippen molar-refractivity contribution in [3.05, 3.63) is 12.7 Å². The average Bonchev–Trinajstić information content (AvgIpc) is 2.65. The second-order valence-corrected chi connectivity index (χ2v) is 7.60.